The van der Waals surface area contributed by atoms with Gasteiger partial charge in [0, 0.05) is 23.2 Å². The van der Waals surface area contributed by atoms with Gasteiger partial charge in [-0.2, -0.15) is 5.10 Å². The van der Waals surface area contributed by atoms with E-state index < -0.39 is 0 Å². The zero-order valence-corrected chi connectivity index (χ0v) is 17.9. The Morgan fingerprint density at radius 1 is 1.00 bits per heavy atom. The lowest BCUT2D eigenvalue weighted by molar-refractivity contribution is 0.265. The van der Waals surface area contributed by atoms with Gasteiger partial charge in [0.05, 0.1) is 17.3 Å². The molecule has 0 bridgehead atoms. The van der Waals surface area contributed by atoms with Crippen LogP contribution in [0.15, 0.2) is 66.9 Å². The number of fused-ring (bicyclic) bond motifs is 1. The molecule has 2 N–H and O–H groups in total. The number of aromatic nitrogens is 3. The maximum atomic E-state index is 5.97. The molecule has 2 aromatic carbocycles. The molecule has 1 aliphatic rings. The van der Waals surface area contributed by atoms with Crippen molar-refractivity contribution in [3.8, 4) is 22.9 Å². The molecule has 0 unspecified atom stereocenters. The van der Waals surface area contributed by atoms with E-state index >= 15 is 0 Å². The Balaban J connectivity index is 1.41. The van der Waals surface area contributed by atoms with Gasteiger partial charge in [-0.3, -0.25) is 4.68 Å². The SMILES string of the molecule is Cc1cc(Oc2ccccc2)nc2cc(-c3ccn(C4CCC(CN)CC4)n3)ccc12. The first-order valence-corrected chi connectivity index (χ1v) is 11.1. The summed E-state index contributed by atoms with van der Waals surface area (Å²) >= 11 is 0. The quantitative estimate of drug-likeness (QED) is 0.444. The second kappa shape index (κ2) is 8.52. The highest BCUT2D eigenvalue weighted by Crippen LogP contribution is 2.33. The lowest BCUT2D eigenvalue weighted by Gasteiger charge is -2.27. The van der Waals surface area contributed by atoms with Gasteiger partial charge in [0.25, 0.3) is 0 Å². The fourth-order valence-electron chi connectivity index (χ4n) is 4.53. The summed E-state index contributed by atoms with van der Waals surface area (Å²) < 4.78 is 8.11. The summed E-state index contributed by atoms with van der Waals surface area (Å²) in [6, 6.07) is 20.7. The van der Waals surface area contributed by atoms with Crippen LogP contribution in [-0.4, -0.2) is 21.3 Å². The highest BCUT2D eigenvalue weighted by molar-refractivity contribution is 5.86. The summed E-state index contributed by atoms with van der Waals surface area (Å²) in [6.45, 7) is 2.89. The van der Waals surface area contributed by atoms with E-state index in [-0.39, 0.29) is 0 Å². The minimum atomic E-state index is 0.475. The predicted octanol–water partition coefficient (Wildman–Crippen LogP) is 5.89. The maximum absolute atomic E-state index is 5.97. The monoisotopic (exact) mass is 412 g/mol. The van der Waals surface area contributed by atoms with E-state index in [1.54, 1.807) is 0 Å². The molecular weight excluding hydrogens is 384 g/mol. The summed E-state index contributed by atoms with van der Waals surface area (Å²) in [7, 11) is 0. The van der Waals surface area contributed by atoms with E-state index in [4.69, 9.17) is 20.6 Å². The molecule has 5 heteroatoms. The Morgan fingerprint density at radius 3 is 2.58 bits per heavy atom. The van der Waals surface area contributed by atoms with E-state index in [2.05, 4.69) is 42.1 Å². The van der Waals surface area contributed by atoms with Crippen LogP contribution in [0.3, 0.4) is 0 Å². The lowest BCUT2D eigenvalue weighted by atomic mass is 9.86. The molecule has 0 atom stereocenters. The molecule has 0 saturated heterocycles. The Labute approximate surface area is 182 Å². The number of nitrogens with zero attached hydrogens (tertiary/aromatic N) is 3. The minimum absolute atomic E-state index is 0.475. The molecule has 4 aromatic rings. The smallest absolute Gasteiger partial charge is 0.220 e. The van der Waals surface area contributed by atoms with Gasteiger partial charge in [-0.05, 0) is 74.9 Å². The van der Waals surface area contributed by atoms with E-state index in [1.807, 2.05) is 36.4 Å². The van der Waals surface area contributed by atoms with Crippen LogP contribution in [0.2, 0.25) is 0 Å². The molecule has 1 aliphatic carbocycles. The zero-order valence-electron chi connectivity index (χ0n) is 17.9. The highest BCUT2D eigenvalue weighted by Gasteiger charge is 2.22. The van der Waals surface area contributed by atoms with Gasteiger partial charge in [0.15, 0.2) is 0 Å². The second-order valence-corrected chi connectivity index (χ2v) is 8.52. The minimum Gasteiger partial charge on any atom is -0.439 e. The van der Waals surface area contributed by atoms with Gasteiger partial charge in [0.1, 0.15) is 5.75 Å². The molecule has 0 amide bonds. The van der Waals surface area contributed by atoms with Gasteiger partial charge in [-0.15, -0.1) is 0 Å². The average Bonchev–Trinajstić information content (AvgIpc) is 3.30. The fraction of sp³-hybridized carbons (Fsp3) is 0.308. The summed E-state index contributed by atoms with van der Waals surface area (Å²) in [6.07, 6.45) is 6.81. The van der Waals surface area contributed by atoms with Crippen LogP contribution in [0, 0.1) is 12.8 Å². The second-order valence-electron chi connectivity index (χ2n) is 8.52. The van der Waals surface area contributed by atoms with E-state index in [0.29, 0.717) is 17.8 Å². The number of nitrogens with two attached hydrogens (primary N) is 1. The van der Waals surface area contributed by atoms with Crippen molar-refractivity contribution in [2.45, 2.75) is 38.6 Å². The van der Waals surface area contributed by atoms with Gasteiger partial charge < -0.3 is 10.5 Å². The van der Waals surface area contributed by atoms with Crippen LogP contribution < -0.4 is 10.5 Å². The van der Waals surface area contributed by atoms with Gasteiger partial charge in [-0.25, -0.2) is 4.98 Å². The van der Waals surface area contributed by atoms with Crippen molar-refractivity contribution in [1.29, 1.82) is 0 Å². The number of para-hydroxylation sites is 1. The highest BCUT2D eigenvalue weighted by atomic mass is 16.5. The molecular formula is C26H28N4O. The van der Waals surface area contributed by atoms with Crippen LogP contribution in [0.1, 0.15) is 37.3 Å². The molecule has 5 nitrogen and oxygen atoms in total. The topological polar surface area (TPSA) is 66.0 Å². The van der Waals surface area contributed by atoms with Crippen molar-refractivity contribution in [1.82, 2.24) is 14.8 Å². The summed E-state index contributed by atoms with van der Waals surface area (Å²) in [5.41, 5.74) is 9.96. The molecule has 1 fully saturated rings. The number of aryl methyl sites for hydroxylation is 1. The number of ether oxygens (including phenoxy) is 1. The van der Waals surface area contributed by atoms with Crippen molar-refractivity contribution in [3.05, 3.63) is 72.4 Å². The third kappa shape index (κ3) is 4.19. The molecule has 0 radical (unpaired) electrons. The van der Waals surface area contributed by atoms with Crippen LogP contribution in [0.4, 0.5) is 0 Å². The largest absolute Gasteiger partial charge is 0.439 e. The molecule has 0 spiro atoms. The van der Waals surface area contributed by atoms with Crippen molar-refractivity contribution in [3.63, 3.8) is 0 Å². The van der Waals surface area contributed by atoms with Crippen molar-refractivity contribution in [2.75, 3.05) is 6.54 Å². The van der Waals surface area contributed by atoms with Gasteiger partial charge in [0.2, 0.25) is 5.88 Å². The first-order chi connectivity index (χ1) is 15.2. The average molecular weight is 413 g/mol. The van der Waals surface area contributed by atoms with Crippen molar-refractivity contribution < 1.29 is 4.74 Å². The van der Waals surface area contributed by atoms with Crippen molar-refractivity contribution in [2.24, 2.45) is 11.7 Å². The Kier molecular flexibility index (Phi) is 5.43. The zero-order chi connectivity index (χ0) is 21.2. The predicted molar refractivity (Wildman–Crippen MR) is 124 cm³/mol. The van der Waals surface area contributed by atoms with Crippen LogP contribution in [-0.2, 0) is 0 Å². The first kappa shape index (κ1) is 19.8. The van der Waals surface area contributed by atoms with Gasteiger partial charge in [-0.1, -0.05) is 30.3 Å². The molecule has 2 heterocycles. The van der Waals surface area contributed by atoms with Crippen molar-refractivity contribution >= 4 is 10.9 Å². The van der Waals surface area contributed by atoms with Crippen LogP contribution in [0.5, 0.6) is 11.6 Å². The first-order valence-electron chi connectivity index (χ1n) is 11.1. The number of benzene rings is 2. The molecule has 1 saturated carbocycles. The summed E-state index contributed by atoms with van der Waals surface area (Å²) in [5.74, 6) is 2.07. The van der Waals surface area contributed by atoms with E-state index in [1.165, 1.54) is 12.8 Å². The Hall–Kier alpha value is -3.18. The number of hydrogen-bond donors (Lipinski definition) is 1. The Morgan fingerprint density at radius 2 is 1.81 bits per heavy atom. The fourth-order valence-corrected chi connectivity index (χ4v) is 4.53. The maximum Gasteiger partial charge on any atom is 0.220 e. The molecule has 2 aromatic heterocycles. The Bertz CT molecular complexity index is 1180. The number of hydrogen-bond acceptors (Lipinski definition) is 4. The molecule has 158 valence electrons. The summed E-state index contributed by atoms with van der Waals surface area (Å²) in [4.78, 5) is 4.76. The summed E-state index contributed by atoms with van der Waals surface area (Å²) in [5, 5.41) is 6.03. The number of pyridine rings is 1. The number of rotatable bonds is 5. The third-order valence-electron chi connectivity index (χ3n) is 6.39. The lowest BCUT2D eigenvalue weighted by Crippen LogP contribution is -2.23. The third-order valence-corrected chi connectivity index (χ3v) is 6.39. The van der Waals surface area contributed by atoms with E-state index in [0.717, 1.165) is 52.9 Å². The van der Waals surface area contributed by atoms with Gasteiger partial charge >= 0.3 is 0 Å². The molecule has 31 heavy (non-hydrogen) atoms. The van der Waals surface area contributed by atoms with E-state index in [9.17, 15) is 0 Å². The molecule has 0 aliphatic heterocycles. The van der Waals surface area contributed by atoms with Crippen LogP contribution in [0.25, 0.3) is 22.2 Å². The standard InChI is InChI=1S/C26H28N4O/c1-18-15-26(31-22-5-3-2-4-6-22)28-25-16-20(9-12-23(18)25)24-13-14-30(29-24)21-10-7-19(17-27)8-11-21/h2-6,9,12-16,19,21H,7-8,10-11,17,27H2,1H3. The molecule has 5 rings (SSSR count). The normalized spacial score (nSPS) is 18.9. The van der Waals surface area contributed by atoms with Crippen LogP contribution >= 0.6 is 0 Å².